The third-order valence-corrected chi connectivity index (χ3v) is 3.14. The van der Waals surface area contributed by atoms with Crippen LogP contribution in [0, 0.1) is 5.41 Å². The summed E-state index contributed by atoms with van der Waals surface area (Å²) < 4.78 is 11.2. The summed E-state index contributed by atoms with van der Waals surface area (Å²) in [5.41, 5.74) is 0.994. The Hall–Kier alpha value is -1.71. The quantitative estimate of drug-likeness (QED) is 0.825. The maximum atomic E-state index is 12.1. The minimum absolute atomic E-state index is 0.0148. The van der Waals surface area contributed by atoms with Crippen LogP contribution in [0.2, 0.25) is 0 Å². The minimum Gasteiger partial charge on any atom is -0.490 e. The molecule has 0 aliphatic carbocycles. The molecule has 0 spiro atoms. The number of ether oxygens (including phenoxy) is 2. The highest BCUT2D eigenvalue weighted by atomic mass is 16.5. The number of carbonyl (C=O) groups is 1. The van der Waals surface area contributed by atoms with Gasteiger partial charge in [-0.2, -0.15) is 0 Å². The first kappa shape index (κ1) is 18.3. The van der Waals surface area contributed by atoms with Crippen LogP contribution in [-0.4, -0.2) is 19.1 Å². The van der Waals surface area contributed by atoms with E-state index in [1.54, 1.807) is 0 Å². The predicted molar refractivity (Wildman–Crippen MR) is 89.4 cm³/mol. The van der Waals surface area contributed by atoms with Gasteiger partial charge in [-0.05, 0) is 43.9 Å². The fourth-order valence-corrected chi connectivity index (χ4v) is 2.19. The Morgan fingerprint density at radius 2 is 1.73 bits per heavy atom. The highest BCUT2D eigenvalue weighted by Crippen LogP contribution is 2.31. The van der Waals surface area contributed by atoms with Gasteiger partial charge in [0.25, 0.3) is 0 Å². The third-order valence-electron chi connectivity index (χ3n) is 3.14. The number of benzene rings is 1. The van der Waals surface area contributed by atoms with E-state index in [9.17, 15) is 4.79 Å². The van der Waals surface area contributed by atoms with Crippen molar-refractivity contribution >= 4 is 5.91 Å². The molecule has 22 heavy (non-hydrogen) atoms. The molecule has 0 saturated carbocycles. The lowest BCUT2D eigenvalue weighted by Crippen LogP contribution is -2.29. The van der Waals surface area contributed by atoms with Crippen LogP contribution >= 0.6 is 0 Å². The number of rotatable bonds is 7. The second-order valence-electron chi connectivity index (χ2n) is 6.60. The van der Waals surface area contributed by atoms with E-state index in [4.69, 9.17) is 9.47 Å². The zero-order chi connectivity index (χ0) is 16.8. The van der Waals surface area contributed by atoms with E-state index in [2.05, 4.69) is 26.1 Å². The molecular formula is C18H29NO3. The molecule has 0 aliphatic rings. The first-order valence-electron chi connectivity index (χ1n) is 7.95. The molecule has 0 aromatic heterocycles. The summed E-state index contributed by atoms with van der Waals surface area (Å²) in [5.74, 6) is 1.52. The van der Waals surface area contributed by atoms with E-state index in [1.165, 1.54) is 0 Å². The van der Waals surface area contributed by atoms with Gasteiger partial charge in [0.05, 0.1) is 19.3 Å². The number of carbonyl (C=O) groups excluding carboxylic acids is 1. The number of hydrogen-bond donors (Lipinski definition) is 1. The second kappa shape index (κ2) is 8.06. The maximum absolute atomic E-state index is 12.1. The van der Waals surface area contributed by atoms with Crippen LogP contribution in [-0.2, 0) is 4.79 Å². The molecule has 0 fully saturated rings. The predicted octanol–water partition coefficient (Wildman–Crippen LogP) is 4.10. The molecule has 4 nitrogen and oxygen atoms in total. The van der Waals surface area contributed by atoms with Crippen LogP contribution in [0.4, 0.5) is 0 Å². The van der Waals surface area contributed by atoms with Crippen LogP contribution in [0.25, 0.3) is 0 Å². The molecule has 0 heterocycles. The summed E-state index contributed by atoms with van der Waals surface area (Å²) in [6.07, 6.45) is 0.507. The van der Waals surface area contributed by atoms with Gasteiger partial charge >= 0.3 is 0 Å². The topological polar surface area (TPSA) is 47.6 Å². The molecule has 0 saturated heterocycles. The van der Waals surface area contributed by atoms with Gasteiger partial charge in [-0.1, -0.05) is 26.8 Å². The number of hydrogen-bond acceptors (Lipinski definition) is 3. The molecule has 1 aromatic carbocycles. The Kier molecular flexibility index (Phi) is 6.72. The summed E-state index contributed by atoms with van der Waals surface area (Å²) in [6.45, 7) is 13.2. The van der Waals surface area contributed by atoms with Crippen molar-refractivity contribution in [3.63, 3.8) is 0 Å². The van der Waals surface area contributed by atoms with E-state index in [0.29, 0.717) is 19.6 Å². The van der Waals surface area contributed by atoms with Gasteiger partial charge in [0.1, 0.15) is 0 Å². The summed E-state index contributed by atoms with van der Waals surface area (Å²) in [6, 6.07) is 5.74. The lowest BCUT2D eigenvalue weighted by molar-refractivity contribution is -0.123. The van der Waals surface area contributed by atoms with Crippen molar-refractivity contribution in [1.29, 1.82) is 0 Å². The van der Waals surface area contributed by atoms with Crippen LogP contribution in [0.15, 0.2) is 18.2 Å². The standard InChI is InChI=1S/C18H29NO3/c1-7-21-15-10-9-14(11-16(15)22-8-2)13(3)19-17(20)12-18(4,5)6/h9-11,13H,7-8,12H2,1-6H3,(H,19,20). The molecule has 1 rings (SSSR count). The van der Waals surface area contributed by atoms with Gasteiger partial charge in [0.2, 0.25) is 5.91 Å². The van der Waals surface area contributed by atoms with Gasteiger partial charge in [0, 0.05) is 6.42 Å². The zero-order valence-corrected chi connectivity index (χ0v) is 14.7. The minimum atomic E-state index is -0.0651. The Morgan fingerprint density at radius 3 is 2.27 bits per heavy atom. The van der Waals surface area contributed by atoms with Crippen LogP contribution in [0.3, 0.4) is 0 Å². The van der Waals surface area contributed by atoms with Gasteiger partial charge in [-0.15, -0.1) is 0 Å². The average molecular weight is 307 g/mol. The zero-order valence-electron chi connectivity index (χ0n) is 14.7. The number of nitrogens with one attached hydrogen (secondary N) is 1. The molecule has 1 atom stereocenters. The summed E-state index contributed by atoms with van der Waals surface area (Å²) in [7, 11) is 0. The first-order chi connectivity index (χ1) is 10.3. The Labute approximate surface area is 134 Å². The molecular weight excluding hydrogens is 278 g/mol. The van der Waals surface area contributed by atoms with E-state index < -0.39 is 0 Å². The highest BCUT2D eigenvalue weighted by molar-refractivity contribution is 5.77. The Morgan fingerprint density at radius 1 is 1.14 bits per heavy atom. The van der Waals surface area contributed by atoms with Crippen molar-refractivity contribution < 1.29 is 14.3 Å². The van der Waals surface area contributed by atoms with E-state index in [1.807, 2.05) is 39.0 Å². The molecule has 4 heteroatoms. The Bertz CT molecular complexity index is 492. The molecule has 1 aromatic rings. The molecule has 0 radical (unpaired) electrons. The van der Waals surface area contributed by atoms with E-state index in [0.717, 1.165) is 17.1 Å². The van der Waals surface area contributed by atoms with E-state index >= 15 is 0 Å². The fraction of sp³-hybridized carbons (Fsp3) is 0.611. The maximum Gasteiger partial charge on any atom is 0.220 e. The summed E-state index contributed by atoms with van der Waals surface area (Å²) in [5, 5.41) is 3.04. The van der Waals surface area contributed by atoms with Gasteiger partial charge < -0.3 is 14.8 Å². The SMILES string of the molecule is CCOc1ccc(C(C)NC(=O)CC(C)(C)C)cc1OCC. The van der Waals surface area contributed by atoms with Gasteiger partial charge in [0.15, 0.2) is 11.5 Å². The van der Waals surface area contributed by atoms with Gasteiger partial charge in [-0.25, -0.2) is 0 Å². The molecule has 1 amide bonds. The lowest BCUT2D eigenvalue weighted by atomic mass is 9.91. The monoisotopic (exact) mass is 307 g/mol. The van der Waals surface area contributed by atoms with Crippen LogP contribution in [0.5, 0.6) is 11.5 Å². The highest BCUT2D eigenvalue weighted by Gasteiger charge is 2.18. The largest absolute Gasteiger partial charge is 0.490 e. The smallest absolute Gasteiger partial charge is 0.220 e. The lowest BCUT2D eigenvalue weighted by Gasteiger charge is -2.21. The number of amides is 1. The van der Waals surface area contributed by atoms with Crippen molar-refractivity contribution in [2.75, 3.05) is 13.2 Å². The molecule has 0 aliphatic heterocycles. The fourth-order valence-electron chi connectivity index (χ4n) is 2.19. The summed E-state index contributed by atoms with van der Waals surface area (Å²) >= 11 is 0. The molecule has 0 bridgehead atoms. The van der Waals surface area contributed by atoms with Crippen molar-refractivity contribution in [3.05, 3.63) is 23.8 Å². The summed E-state index contributed by atoms with van der Waals surface area (Å²) in [4.78, 5) is 12.1. The van der Waals surface area contributed by atoms with Crippen molar-refractivity contribution in [3.8, 4) is 11.5 Å². The van der Waals surface area contributed by atoms with Crippen molar-refractivity contribution in [2.45, 2.75) is 54.0 Å². The average Bonchev–Trinajstić information content (AvgIpc) is 2.38. The van der Waals surface area contributed by atoms with Crippen LogP contribution in [0.1, 0.15) is 59.6 Å². The van der Waals surface area contributed by atoms with E-state index in [-0.39, 0.29) is 17.4 Å². The molecule has 124 valence electrons. The van der Waals surface area contributed by atoms with Crippen LogP contribution < -0.4 is 14.8 Å². The molecule has 1 N–H and O–H groups in total. The van der Waals surface area contributed by atoms with Gasteiger partial charge in [-0.3, -0.25) is 4.79 Å². The van der Waals surface area contributed by atoms with Crippen molar-refractivity contribution in [1.82, 2.24) is 5.32 Å². The second-order valence-corrected chi connectivity index (χ2v) is 6.60. The molecule has 1 unspecified atom stereocenters. The van der Waals surface area contributed by atoms with Crippen molar-refractivity contribution in [2.24, 2.45) is 5.41 Å². The Balaban J connectivity index is 2.82. The first-order valence-corrected chi connectivity index (χ1v) is 7.95. The third kappa shape index (κ3) is 5.96. The normalized spacial score (nSPS) is 12.6.